The average molecular weight is 235 g/mol. The Morgan fingerprint density at radius 3 is 2.39 bits per heavy atom. The van der Waals surface area contributed by atoms with Crippen molar-refractivity contribution in [3.8, 4) is 5.69 Å². The molecule has 0 N–H and O–H groups in total. The Bertz CT molecular complexity index is 677. The maximum absolute atomic E-state index is 2.28. The molecule has 0 unspecified atom stereocenters. The third kappa shape index (κ3) is 1.72. The first-order valence-electron chi connectivity index (χ1n) is 6.43. The summed E-state index contributed by atoms with van der Waals surface area (Å²) in [6.07, 6.45) is 2.16. The molecule has 0 aliphatic rings. The summed E-state index contributed by atoms with van der Waals surface area (Å²) in [5.41, 5.74) is 3.94. The minimum atomic E-state index is 0.530. The number of hydrogen-bond acceptors (Lipinski definition) is 0. The van der Waals surface area contributed by atoms with Crippen LogP contribution in [0.25, 0.3) is 16.6 Å². The second-order valence-electron chi connectivity index (χ2n) is 4.96. The van der Waals surface area contributed by atoms with Gasteiger partial charge in [-0.25, -0.2) is 0 Å². The molecule has 0 fully saturated rings. The Morgan fingerprint density at radius 1 is 0.833 bits per heavy atom. The molecule has 0 atom stereocenters. The zero-order valence-electron chi connectivity index (χ0n) is 10.8. The number of para-hydroxylation sites is 2. The standard InChI is InChI=1S/C17H17N/c1-13(2)15-8-4-6-10-17(15)18-12-11-14-7-3-5-9-16(14)18/h3-13H,1-2H3. The van der Waals surface area contributed by atoms with E-state index in [2.05, 4.69) is 79.2 Å². The van der Waals surface area contributed by atoms with Gasteiger partial charge in [0.2, 0.25) is 0 Å². The summed E-state index contributed by atoms with van der Waals surface area (Å²) in [5, 5.41) is 1.29. The summed E-state index contributed by atoms with van der Waals surface area (Å²) >= 11 is 0. The van der Waals surface area contributed by atoms with Gasteiger partial charge in [0.05, 0.1) is 5.52 Å². The molecule has 1 heterocycles. The van der Waals surface area contributed by atoms with Gasteiger partial charge < -0.3 is 4.57 Å². The highest BCUT2D eigenvalue weighted by molar-refractivity contribution is 5.82. The van der Waals surface area contributed by atoms with Crippen LogP contribution in [0.1, 0.15) is 25.3 Å². The van der Waals surface area contributed by atoms with Crippen molar-refractivity contribution in [2.45, 2.75) is 19.8 Å². The van der Waals surface area contributed by atoms with Crippen molar-refractivity contribution in [3.05, 3.63) is 66.4 Å². The number of nitrogens with zero attached hydrogens (tertiary/aromatic N) is 1. The van der Waals surface area contributed by atoms with E-state index in [1.807, 2.05) is 0 Å². The van der Waals surface area contributed by atoms with E-state index in [4.69, 9.17) is 0 Å². The highest BCUT2D eigenvalue weighted by atomic mass is 15.0. The van der Waals surface area contributed by atoms with Crippen LogP contribution in [0, 0.1) is 0 Å². The lowest BCUT2D eigenvalue weighted by atomic mass is 10.0. The highest BCUT2D eigenvalue weighted by Crippen LogP contribution is 2.26. The lowest BCUT2D eigenvalue weighted by molar-refractivity contribution is 0.851. The molecule has 0 saturated carbocycles. The smallest absolute Gasteiger partial charge is 0.0528 e. The summed E-state index contributed by atoms with van der Waals surface area (Å²) in [4.78, 5) is 0. The second-order valence-corrected chi connectivity index (χ2v) is 4.96. The summed E-state index contributed by atoms with van der Waals surface area (Å²) in [6, 6.07) is 19.3. The van der Waals surface area contributed by atoms with Crippen LogP contribution in [0.4, 0.5) is 0 Å². The van der Waals surface area contributed by atoms with Crippen molar-refractivity contribution in [1.29, 1.82) is 0 Å². The average Bonchev–Trinajstić information content (AvgIpc) is 2.82. The summed E-state index contributed by atoms with van der Waals surface area (Å²) in [5.74, 6) is 0.530. The fourth-order valence-electron chi connectivity index (χ4n) is 2.49. The van der Waals surface area contributed by atoms with Gasteiger partial charge in [0.1, 0.15) is 0 Å². The van der Waals surface area contributed by atoms with Crippen LogP contribution in [-0.2, 0) is 0 Å². The van der Waals surface area contributed by atoms with Crippen molar-refractivity contribution in [2.24, 2.45) is 0 Å². The first kappa shape index (κ1) is 11.1. The molecule has 18 heavy (non-hydrogen) atoms. The molecule has 0 aliphatic heterocycles. The molecule has 3 aromatic rings. The number of fused-ring (bicyclic) bond motifs is 1. The third-order valence-electron chi connectivity index (χ3n) is 3.42. The lowest BCUT2D eigenvalue weighted by Gasteiger charge is -2.14. The molecule has 0 spiro atoms. The fourth-order valence-corrected chi connectivity index (χ4v) is 2.49. The molecule has 0 amide bonds. The molecule has 90 valence electrons. The van der Waals surface area contributed by atoms with Crippen LogP contribution < -0.4 is 0 Å². The van der Waals surface area contributed by atoms with Crippen LogP contribution in [0.3, 0.4) is 0 Å². The van der Waals surface area contributed by atoms with Gasteiger partial charge in [0.15, 0.2) is 0 Å². The summed E-state index contributed by atoms with van der Waals surface area (Å²) in [7, 11) is 0. The molecule has 3 rings (SSSR count). The number of aromatic nitrogens is 1. The monoisotopic (exact) mass is 235 g/mol. The molecule has 0 radical (unpaired) electrons. The molecule has 0 bridgehead atoms. The van der Waals surface area contributed by atoms with Crippen LogP contribution in [-0.4, -0.2) is 4.57 Å². The SMILES string of the molecule is CC(C)c1ccccc1-n1ccc2ccccc21. The van der Waals surface area contributed by atoms with Crippen molar-refractivity contribution < 1.29 is 0 Å². The van der Waals surface area contributed by atoms with Crippen molar-refractivity contribution in [2.75, 3.05) is 0 Å². The predicted molar refractivity (Wildman–Crippen MR) is 77.4 cm³/mol. The molecular formula is C17H17N. The van der Waals surface area contributed by atoms with Gasteiger partial charge in [-0.15, -0.1) is 0 Å². The quantitative estimate of drug-likeness (QED) is 0.604. The first-order chi connectivity index (χ1) is 8.77. The maximum atomic E-state index is 2.28. The molecule has 1 heteroatoms. The minimum absolute atomic E-state index is 0.530. The Balaban J connectivity index is 2.27. The van der Waals surface area contributed by atoms with E-state index in [0.29, 0.717) is 5.92 Å². The van der Waals surface area contributed by atoms with Gasteiger partial charge in [0.25, 0.3) is 0 Å². The Kier molecular flexibility index (Phi) is 2.67. The van der Waals surface area contributed by atoms with Crippen LogP contribution in [0.15, 0.2) is 60.8 Å². The normalized spacial score (nSPS) is 11.3. The Hall–Kier alpha value is -2.02. The zero-order chi connectivity index (χ0) is 12.5. The van der Waals surface area contributed by atoms with E-state index >= 15 is 0 Å². The summed E-state index contributed by atoms with van der Waals surface area (Å²) < 4.78 is 2.28. The molecule has 0 aliphatic carbocycles. The third-order valence-corrected chi connectivity index (χ3v) is 3.42. The first-order valence-corrected chi connectivity index (χ1v) is 6.43. The van der Waals surface area contributed by atoms with Crippen LogP contribution >= 0.6 is 0 Å². The topological polar surface area (TPSA) is 4.93 Å². The largest absolute Gasteiger partial charge is 0.316 e. The van der Waals surface area contributed by atoms with Crippen molar-refractivity contribution in [1.82, 2.24) is 4.57 Å². The molecule has 1 aromatic heterocycles. The minimum Gasteiger partial charge on any atom is -0.316 e. The van der Waals surface area contributed by atoms with Crippen LogP contribution in [0.5, 0.6) is 0 Å². The lowest BCUT2D eigenvalue weighted by Crippen LogP contribution is -1.99. The Morgan fingerprint density at radius 2 is 1.56 bits per heavy atom. The van der Waals surface area contributed by atoms with Gasteiger partial charge in [-0.1, -0.05) is 50.2 Å². The van der Waals surface area contributed by atoms with Crippen molar-refractivity contribution in [3.63, 3.8) is 0 Å². The van der Waals surface area contributed by atoms with Gasteiger partial charge >= 0.3 is 0 Å². The zero-order valence-corrected chi connectivity index (χ0v) is 10.8. The van der Waals surface area contributed by atoms with E-state index < -0.39 is 0 Å². The van der Waals surface area contributed by atoms with E-state index in [9.17, 15) is 0 Å². The number of rotatable bonds is 2. The molecule has 2 aromatic carbocycles. The molecule has 1 nitrogen and oxygen atoms in total. The second kappa shape index (κ2) is 4.34. The maximum Gasteiger partial charge on any atom is 0.0528 e. The van der Waals surface area contributed by atoms with Gasteiger partial charge in [-0.05, 0) is 35.1 Å². The molecular weight excluding hydrogens is 218 g/mol. The van der Waals surface area contributed by atoms with E-state index in [1.165, 1.54) is 22.2 Å². The summed E-state index contributed by atoms with van der Waals surface area (Å²) in [6.45, 7) is 4.48. The predicted octanol–water partition coefficient (Wildman–Crippen LogP) is 4.75. The van der Waals surface area contributed by atoms with Crippen LogP contribution in [0.2, 0.25) is 0 Å². The highest BCUT2D eigenvalue weighted by Gasteiger charge is 2.09. The van der Waals surface area contributed by atoms with Gasteiger partial charge in [-0.3, -0.25) is 0 Å². The van der Waals surface area contributed by atoms with E-state index in [-0.39, 0.29) is 0 Å². The van der Waals surface area contributed by atoms with E-state index in [0.717, 1.165) is 0 Å². The van der Waals surface area contributed by atoms with E-state index in [1.54, 1.807) is 0 Å². The van der Waals surface area contributed by atoms with Gasteiger partial charge in [0, 0.05) is 11.9 Å². The molecule has 0 saturated heterocycles. The number of hydrogen-bond donors (Lipinski definition) is 0. The fraction of sp³-hybridized carbons (Fsp3) is 0.176. The van der Waals surface area contributed by atoms with Gasteiger partial charge in [-0.2, -0.15) is 0 Å². The van der Waals surface area contributed by atoms with Crippen molar-refractivity contribution >= 4 is 10.9 Å². The Labute approximate surface area is 108 Å². The number of benzene rings is 2.